The van der Waals surface area contributed by atoms with Gasteiger partial charge in [-0.1, -0.05) is 38.5 Å². The van der Waals surface area contributed by atoms with Crippen LogP contribution in [0.2, 0.25) is 0 Å². The van der Waals surface area contributed by atoms with Crippen LogP contribution in [0.1, 0.15) is 60.8 Å². The number of amides is 1. The van der Waals surface area contributed by atoms with Crippen LogP contribution < -0.4 is 5.32 Å². The van der Waals surface area contributed by atoms with Crippen LogP contribution in [-0.4, -0.2) is 20.7 Å². The Kier molecular flexibility index (Phi) is 6.82. The van der Waals surface area contributed by atoms with E-state index in [1.54, 1.807) is 24.4 Å². The average Bonchev–Trinajstić information content (AvgIpc) is 3.16. The molecule has 6 heteroatoms. The zero-order valence-electron chi connectivity index (χ0n) is 19.3. The molecule has 4 rings (SSSR count). The number of fused-ring (bicyclic) bond motifs is 1. The first-order chi connectivity index (χ1) is 16.0. The molecule has 0 radical (unpaired) electrons. The number of aromatic nitrogens is 3. The summed E-state index contributed by atoms with van der Waals surface area (Å²) in [7, 11) is 1.88. The van der Waals surface area contributed by atoms with E-state index < -0.39 is 0 Å². The molecular weight excluding hydrogens is 415 g/mol. The maximum Gasteiger partial charge on any atom is 0.251 e. The molecule has 1 amide bonds. The van der Waals surface area contributed by atoms with E-state index in [2.05, 4.69) is 17.2 Å². The van der Waals surface area contributed by atoms with Crippen molar-refractivity contribution >= 4 is 16.8 Å². The third kappa shape index (κ3) is 4.80. The zero-order chi connectivity index (χ0) is 23.4. The highest BCUT2D eigenvalue weighted by molar-refractivity contribution is 5.98. The van der Waals surface area contributed by atoms with Crippen LogP contribution in [0.3, 0.4) is 0 Å². The smallest absolute Gasteiger partial charge is 0.251 e. The van der Waals surface area contributed by atoms with E-state index in [-0.39, 0.29) is 17.8 Å². The number of nitrogens with zero attached hydrogens (tertiary/aromatic N) is 3. The van der Waals surface area contributed by atoms with E-state index in [0.29, 0.717) is 12.0 Å². The molecule has 0 spiro atoms. The number of halogens is 1. The zero-order valence-corrected chi connectivity index (χ0v) is 19.3. The van der Waals surface area contributed by atoms with Gasteiger partial charge in [-0.2, -0.15) is 5.10 Å². The Morgan fingerprint density at radius 3 is 2.73 bits per heavy atom. The van der Waals surface area contributed by atoms with E-state index in [1.807, 2.05) is 49.0 Å². The van der Waals surface area contributed by atoms with Gasteiger partial charge in [-0.05, 0) is 55.7 Å². The molecule has 170 valence electrons. The third-order valence-corrected chi connectivity index (χ3v) is 5.96. The van der Waals surface area contributed by atoms with E-state index in [9.17, 15) is 9.18 Å². The molecule has 0 saturated carbocycles. The quantitative estimate of drug-likeness (QED) is 0.363. The summed E-state index contributed by atoms with van der Waals surface area (Å²) in [5, 5.41) is 8.91. The maximum atomic E-state index is 14.0. The number of rotatable bonds is 8. The second-order valence-electron chi connectivity index (χ2n) is 8.30. The monoisotopic (exact) mass is 444 g/mol. The van der Waals surface area contributed by atoms with Crippen molar-refractivity contribution in [3.05, 3.63) is 83.4 Å². The topological polar surface area (TPSA) is 59.8 Å². The molecule has 1 atom stereocenters. The Morgan fingerprint density at radius 2 is 1.97 bits per heavy atom. The van der Waals surface area contributed by atoms with E-state index in [0.717, 1.165) is 52.7 Å². The highest BCUT2D eigenvalue weighted by Crippen LogP contribution is 2.32. The Balaban J connectivity index is 1.69. The predicted octanol–water partition coefficient (Wildman–Crippen LogP) is 6.00. The Bertz CT molecular complexity index is 1280. The van der Waals surface area contributed by atoms with Crippen LogP contribution in [0.4, 0.5) is 4.39 Å². The highest BCUT2D eigenvalue weighted by atomic mass is 19.1. The number of unbranched alkanes of at least 4 members (excludes halogenated alkanes) is 1. The molecule has 1 N–H and O–H groups in total. The molecule has 0 aliphatic carbocycles. The SMILES string of the molecule is CCCCc1c([C@@H](CC)NC(=O)c2ccc3ncccc3c2)nn(C)c1-c1cccc(F)c1. The van der Waals surface area contributed by atoms with Gasteiger partial charge in [0.15, 0.2) is 0 Å². The summed E-state index contributed by atoms with van der Waals surface area (Å²) in [5.41, 5.74) is 5.06. The van der Waals surface area contributed by atoms with Crippen LogP contribution in [0.5, 0.6) is 0 Å². The highest BCUT2D eigenvalue weighted by Gasteiger charge is 2.25. The second kappa shape index (κ2) is 9.94. The summed E-state index contributed by atoms with van der Waals surface area (Å²) in [5.74, 6) is -0.421. The molecule has 0 bridgehead atoms. The lowest BCUT2D eigenvalue weighted by Crippen LogP contribution is -2.29. The average molecular weight is 445 g/mol. The molecule has 0 fully saturated rings. The van der Waals surface area contributed by atoms with Crippen LogP contribution in [-0.2, 0) is 13.5 Å². The number of aryl methyl sites for hydroxylation is 1. The van der Waals surface area contributed by atoms with Gasteiger partial charge in [0.05, 0.1) is 22.9 Å². The minimum Gasteiger partial charge on any atom is -0.344 e. The first kappa shape index (κ1) is 22.6. The van der Waals surface area contributed by atoms with Crippen LogP contribution >= 0.6 is 0 Å². The van der Waals surface area contributed by atoms with Crippen molar-refractivity contribution < 1.29 is 9.18 Å². The normalized spacial score (nSPS) is 12.1. The fourth-order valence-corrected chi connectivity index (χ4v) is 4.29. The number of benzene rings is 2. The molecular formula is C27H29FN4O. The lowest BCUT2D eigenvalue weighted by Gasteiger charge is -2.17. The Morgan fingerprint density at radius 1 is 1.12 bits per heavy atom. The number of carbonyl (C=O) groups is 1. The fourth-order valence-electron chi connectivity index (χ4n) is 4.29. The number of hydrogen-bond acceptors (Lipinski definition) is 3. The molecule has 2 aromatic heterocycles. The minimum absolute atomic E-state index is 0.146. The molecule has 0 aliphatic heterocycles. The number of hydrogen-bond donors (Lipinski definition) is 1. The van der Waals surface area contributed by atoms with Gasteiger partial charge in [0.2, 0.25) is 0 Å². The molecule has 33 heavy (non-hydrogen) atoms. The van der Waals surface area contributed by atoms with Gasteiger partial charge >= 0.3 is 0 Å². The first-order valence-electron chi connectivity index (χ1n) is 11.5. The summed E-state index contributed by atoms with van der Waals surface area (Å²) >= 11 is 0. The molecule has 2 heterocycles. The van der Waals surface area contributed by atoms with Gasteiger partial charge < -0.3 is 5.32 Å². The second-order valence-corrected chi connectivity index (χ2v) is 8.30. The van der Waals surface area contributed by atoms with Gasteiger partial charge in [-0.3, -0.25) is 14.5 Å². The molecule has 0 saturated heterocycles. The Hall–Kier alpha value is -3.54. The van der Waals surface area contributed by atoms with Gasteiger partial charge in [0.1, 0.15) is 5.82 Å². The number of carbonyl (C=O) groups excluding carboxylic acids is 1. The summed E-state index contributed by atoms with van der Waals surface area (Å²) in [6.07, 6.45) is 5.28. The van der Waals surface area contributed by atoms with Crippen LogP contribution in [0.25, 0.3) is 22.2 Å². The summed E-state index contributed by atoms with van der Waals surface area (Å²) in [4.78, 5) is 17.5. The molecule has 0 unspecified atom stereocenters. The number of pyridine rings is 1. The van der Waals surface area contributed by atoms with Gasteiger partial charge in [0.25, 0.3) is 5.91 Å². The lowest BCUT2D eigenvalue weighted by atomic mass is 9.96. The Labute approximate surface area is 193 Å². The van der Waals surface area contributed by atoms with Crippen LogP contribution in [0, 0.1) is 5.82 Å². The lowest BCUT2D eigenvalue weighted by molar-refractivity contribution is 0.0934. The predicted molar refractivity (Wildman–Crippen MR) is 129 cm³/mol. The van der Waals surface area contributed by atoms with E-state index in [1.165, 1.54) is 6.07 Å². The third-order valence-electron chi connectivity index (χ3n) is 5.96. The molecule has 4 aromatic rings. The van der Waals surface area contributed by atoms with Gasteiger partial charge in [-0.15, -0.1) is 0 Å². The largest absolute Gasteiger partial charge is 0.344 e. The number of nitrogens with one attached hydrogen (secondary N) is 1. The van der Waals surface area contributed by atoms with Crippen molar-refractivity contribution in [2.45, 2.75) is 45.6 Å². The summed E-state index contributed by atoms with van der Waals surface area (Å²) < 4.78 is 15.8. The van der Waals surface area contributed by atoms with E-state index >= 15 is 0 Å². The minimum atomic E-state index is -0.275. The molecule has 0 aliphatic rings. The molecule has 2 aromatic carbocycles. The summed E-state index contributed by atoms with van der Waals surface area (Å²) in [6.45, 7) is 4.18. The maximum absolute atomic E-state index is 14.0. The standard InChI is InChI=1S/C27H29FN4O/c1-4-6-12-22-25(31-32(3)26(22)19-9-7-11-21(28)17-19)23(5-2)30-27(33)20-13-14-24-18(16-20)10-8-15-29-24/h7-11,13-17,23H,4-6,12H2,1-3H3,(H,30,33)/t23-/m1/s1. The first-order valence-corrected chi connectivity index (χ1v) is 11.5. The van der Waals surface area contributed by atoms with Crippen molar-refractivity contribution in [3.63, 3.8) is 0 Å². The van der Waals surface area contributed by atoms with Gasteiger partial charge in [-0.25, -0.2) is 4.39 Å². The van der Waals surface area contributed by atoms with Crippen LogP contribution in [0.15, 0.2) is 60.8 Å². The van der Waals surface area contributed by atoms with Crippen molar-refractivity contribution in [2.75, 3.05) is 0 Å². The van der Waals surface area contributed by atoms with Gasteiger partial charge in [0, 0.05) is 35.3 Å². The summed E-state index contributed by atoms with van der Waals surface area (Å²) in [6, 6.07) is 15.7. The van der Waals surface area contributed by atoms with Crippen molar-refractivity contribution in [1.82, 2.24) is 20.1 Å². The van der Waals surface area contributed by atoms with Crippen molar-refractivity contribution in [3.8, 4) is 11.3 Å². The van der Waals surface area contributed by atoms with E-state index in [4.69, 9.17) is 5.10 Å². The van der Waals surface area contributed by atoms with Crippen molar-refractivity contribution in [2.24, 2.45) is 7.05 Å². The van der Waals surface area contributed by atoms with Crippen molar-refractivity contribution in [1.29, 1.82) is 0 Å². The molecule has 5 nitrogen and oxygen atoms in total. The fraction of sp³-hybridized carbons (Fsp3) is 0.296.